The van der Waals surface area contributed by atoms with E-state index in [2.05, 4.69) is 11.9 Å². The summed E-state index contributed by atoms with van der Waals surface area (Å²) in [5, 5.41) is 8.94. The Morgan fingerprint density at radius 2 is 1.62 bits per heavy atom. The zero-order chi connectivity index (χ0) is 20.9. The van der Waals surface area contributed by atoms with Crippen molar-refractivity contribution in [2.45, 2.75) is 65.2 Å². The third kappa shape index (κ3) is 8.51. The number of unbranched alkanes of at least 4 members (excludes halogenated alkanes) is 7. The van der Waals surface area contributed by atoms with Gasteiger partial charge in [-0.1, -0.05) is 64.0 Å². The molecule has 2 aromatic rings. The smallest absolute Gasteiger partial charge is 0.335 e. The normalized spacial score (nSPS) is 11.1. The van der Waals surface area contributed by atoms with Gasteiger partial charge in [0.1, 0.15) is 5.75 Å². The van der Waals surface area contributed by atoms with E-state index in [0.717, 1.165) is 35.6 Å². The number of rotatable bonds is 13. The molecular weight excluding hydrogens is 362 g/mol. The number of aliphatic imine (C=N–C) groups is 1. The van der Waals surface area contributed by atoms with Crippen LogP contribution in [0.15, 0.2) is 47.5 Å². The van der Waals surface area contributed by atoms with E-state index in [1.54, 1.807) is 30.5 Å². The number of hydrogen-bond acceptors (Lipinski definition) is 3. The molecule has 0 aliphatic rings. The molecule has 0 aliphatic carbocycles. The van der Waals surface area contributed by atoms with E-state index < -0.39 is 5.97 Å². The molecule has 0 amide bonds. The number of carboxylic acids is 1. The summed E-state index contributed by atoms with van der Waals surface area (Å²) in [5.41, 5.74) is 3.07. The SMILES string of the molecule is CCCCCCCCCCOc1ccc(N=Cc2ccc(C(=O)O)cc2)c(C)c1. The Hall–Kier alpha value is -2.62. The highest BCUT2D eigenvalue weighted by atomic mass is 16.5. The lowest BCUT2D eigenvalue weighted by Crippen LogP contribution is -1.97. The lowest BCUT2D eigenvalue weighted by atomic mass is 10.1. The van der Waals surface area contributed by atoms with Gasteiger partial charge < -0.3 is 9.84 Å². The number of aryl methyl sites for hydroxylation is 1. The number of carbonyl (C=O) groups is 1. The quantitative estimate of drug-likeness (QED) is 0.294. The molecule has 2 aromatic carbocycles. The molecule has 0 saturated carbocycles. The molecule has 0 fully saturated rings. The maximum absolute atomic E-state index is 10.9. The van der Waals surface area contributed by atoms with Crippen molar-refractivity contribution in [3.05, 3.63) is 59.2 Å². The first kappa shape index (κ1) is 22.7. The Morgan fingerprint density at radius 1 is 0.966 bits per heavy atom. The molecule has 4 heteroatoms. The highest BCUT2D eigenvalue weighted by Gasteiger charge is 2.02. The molecule has 2 rings (SSSR count). The van der Waals surface area contributed by atoms with Crippen LogP contribution in [0, 0.1) is 6.92 Å². The van der Waals surface area contributed by atoms with Crippen LogP contribution in [0.5, 0.6) is 5.75 Å². The van der Waals surface area contributed by atoms with Crippen molar-refractivity contribution >= 4 is 17.9 Å². The van der Waals surface area contributed by atoms with Gasteiger partial charge in [0.25, 0.3) is 0 Å². The number of nitrogens with zero attached hydrogens (tertiary/aromatic N) is 1. The van der Waals surface area contributed by atoms with Crippen LogP contribution in [0.3, 0.4) is 0 Å². The minimum Gasteiger partial charge on any atom is -0.494 e. The molecule has 0 spiro atoms. The van der Waals surface area contributed by atoms with E-state index in [1.165, 1.54) is 44.9 Å². The summed E-state index contributed by atoms with van der Waals surface area (Å²) >= 11 is 0. The van der Waals surface area contributed by atoms with Gasteiger partial charge in [-0.25, -0.2) is 4.79 Å². The number of aromatic carboxylic acids is 1. The molecule has 156 valence electrons. The van der Waals surface area contributed by atoms with Crippen molar-refractivity contribution in [2.75, 3.05) is 6.61 Å². The predicted molar refractivity (Wildman–Crippen MR) is 120 cm³/mol. The third-order valence-electron chi connectivity index (χ3n) is 4.95. The molecule has 0 radical (unpaired) electrons. The van der Waals surface area contributed by atoms with Crippen LogP contribution in [-0.4, -0.2) is 23.9 Å². The highest BCUT2D eigenvalue weighted by molar-refractivity contribution is 5.89. The Morgan fingerprint density at radius 3 is 2.24 bits per heavy atom. The molecule has 0 heterocycles. The van der Waals surface area contributed by atoms with Crippen LogP contribution in [0.4, 0.5) is 5.69 Å². The Bertz CT molecular complexity index is 781. The molecule has 0 saturated heterocycles. The molecule has 0 unspecified atom stereocenters. The fraction of sp³-hybridized carbons (Fsp3) is 0.440. The Kier molecular flexibility index (Phi) is 9.98. The first-order valence-corrected chi connectivity index (χ1v) is 10.7. The largest absolute Gasteiger partial charge is 0.494 e. The van der Waals surface area contributed by atoms with E-state index >= 15 is 0 Å². The number of hydrogen-bond donors (Lipinski definition) is 1. The highest BCUT2D eigenvalue weighted by Crippen LogP contribution is 2.24. The summed E-state index contributed by atoms with van der Waals surface area (Å²) < 4.78 is 5.88. The Balaban J connectivity index is 1.74. The van der Waals surface area contributed by atoms with Crippen molar-refractivity contribution in [3.63, 3.8) is 0 Å². The summed E-state index contributed by atoms with van der Waals surface area (Å²) in [4.78, 5) is 15.4. The second-order valence-corrected chi connectivity index (χ2v) is 7.46. The van der Waals surface area contributed by atoms with Gasteiger partial charge in [0.05, 0.1) is 17.9 Å². The van der Waals surface area contributed by atoms with Crippen molar-refractivity contribution in [2.24, 2.45) is 4.99 Å². The summed E-state index contributed by atoms with van der Waals surface area (Å²) in [7, 11) is 0. The van der Waals surface area contributed by atoms with E-state index in [-0.39, 0.29) is 5.56 Å². The van der Waals surface area contributed by atoms with Gasteiger partial charge in [-0.3, -0.25) is 4.99 Å². The summed E-state index contributed by atoms with van der Waals surface area (Å²) in [6, 6.07) is 12.6. The van der Waals surface area contributed by atoms with Crippen LogP contribution >= 0.6 is 0 Å². The number of carboxylic acid groups (broad SMARTS) is 1. The topological polar surface area (TPSA) is 58.9 Å². The van der Waals surface area contributed by atoms with E-state index in [4.69, 9.17) is 9.84 Å². The van der Waals surface area contributed by atoms with Gasteiger partial charge in [0, 0.05) is 6.21 Å². The van der Waals surface area contributed by atoms with Gasteiger partial charge in [-0.15, -0.1) is 0 Å². The van der Waals surface area contributed by atoms with E-state index in [1.807, 2.05) is 25.1 Å². The van der Waals surface area contributed by atoms with Crippen LogP contribution < -0.4 is 4.74 Å². The van der Waals surface area contributed by atoms with Crippen LogP contribution in [0.25, 0.3) is 0 Å². The monoisotopic (exact) mass is 395 g/mol. The van der Waals surface area contributed by atoms with Crippen molar-refractivity contribution in [3.8, 4) is 5.75 Å². The van der Waals surface area contributed by atoms with Crippen LogP contribution in [0.2, 0.25) is 0 Å². The van der Waals surface area contributed by atoms with Gasteiger partial charge in [-0.2, -0.15) is 0 Å². The van der Waals surface area contributed by atoms with Crippen molar-refractivity contribution in [1.29, 1.82) is 0 Å². The zero-order valence-electron chi connectivity index (χ0n) is 17.7. The minimum atomic E-state index is -0.924. The van der Waals surface area contributed by atoms with Crippen molar-refractivity contribution < 1.29 is 14.6 Å². The van der Waals surface area contributed by atoms with Gasteiger partial charge in [-0.05, 0) is 54.8 Å². The number of benzene rings is 2. The molecule has 1 N–H and O–H groups in total. The standard InChI is InChI=1S/C25H33NO3/c1-3-4-5-6-7-8-9-10-17-29-23-15-16-24(20(2)18-23)26-19-21-11-13-22(14-12-21)25(27)28/h11-16,18-19H,3-10,17H2,1-2H3,(H,27,28). The minimum absolute atomic E-state index is 0.274. The zero-order valence-corrected chi connectivity index (χ0v) is 17.7. The number of ether oxygens (including phenoxy) is 1. The fourth-order valence-electron chi connectivity index (χ4n) is 3.14. The maximum Gasteiger partial charge on any atom is 0.335 e. The summed E-state index contributed by atoms with van der Waals surface area (Å²) in [6.07, 6.45) is 12.1. The maximum atomic E-state index is 10.9. The first-order valence-electron chi connectivity index (χ1n) is 10.7. The average Bonchev–Trinajstić information content (AvgIpc) is 2.72. The fourth-order valence-corrected chi connectivity index (χ4v) is 3.14. The molecule has 0 atom stereocenters. The molecule has 0 aliphatic heterocycles. The third-order valence-corrected chi connectivity index (χ3v) is 4.95. The lowest BCUT2D eigenvalue weighted by Gasteiger charge is -2.08. The van der Waals surface area contributed by atoms with Gasteiger partial charge in [0.2, 0.25) is 0 Å². The van der Waals surface area contributed by atoms with Gasteiger partial charge >= 0.3 is 5.97 Å². The second kappa shape index (κ2) is 12.8. The lowest BCUT2D eigenvalue weighted by molar-refractivity contribution is 0.0697. The first-order chi connectivity index (χ1) is 14.1. The Labute approximate surface area is 174 Å². The van der Waals surface area contributed by atoms with E-state index in [9.17, 15) is 4.79 Å². The molecular formula is C25H33NO3. The molecule has 0 aromatic heterocycles. The average molecular weight is 396 g/mol. The summed E-state index contributed by atoms with van der Waals surface area (Å²) in [5.74, 6) is -0.0397. The predicted octanol–water partition coefficient (Wildman–Crippen LogP) is 6.96. The molecule has 29 heavy (non-hydrogen) atoms. The van der Waals surface area contributed by atoms with Crippen molar-refractivity contribution in [1.82, 2.24) is 0 Å². The molecule has 0 bridgehead atoms. The summed E-state index contributed by atoms with van der Waals surface area (Å²) in [6.45, 7) is 5.02. The van der Waals surface area contributed by atoms with E-state index in [0.29, 0.717) is 0 Å². The van der Waals surface area contributed by atoms with Crippen LogP contribution in [-0.2, 0) is 0 Å². The molecule has 4 nitrogen and oxygen atoms in total. The second-order valence-electron chi connectivity index (χ2n) is 7.46. The van der Waals surface area contributed by atoms with Gasteiger partial charge in [0.15, 0.2) is 0 Å². The van der Waals surface area contributed by atoms with Crippen LogP contribution in [0.1, 0.15) is 79.8 Å².